The van der Waals surface area contributed by atoms with E-state index in [2.05, 4.69) is 4.72 Å². The lowest BCUT2D eigenvalue weighted by Gasteiger charge is -2.40. The number of aromatic nitrogens is 1. The summed E-state index contributed by atoms with van der Waals surface area (Å²) < 4.78 is 41.6. The molecule has 1 aromatic heterocycles. The van der Waals surface area contributed by atoms with Crippen LogP contribution in [0.2, 0.25) is 15.1 Å². The molecule has 0 bridgehead atoms. The molecule has 46 heavy (non-hydrogen) atoms. The van der Waals surface area contributed by atoms with Crippen LogP contribution >= 0.6 is 34.8 Å². The quantitative estimate of drug-likeness (QED) is 0.186. The van der Waals surface area contributed by atoms with E-state index in [1.165, 1.54) is 12.1 Å². The summed E-state index contributed by atoms with van der Waals surface area (Å²) >= 11 is 19.1. The van der Waals surface area contributed by atoms with Crippen molar-refractivity contribution >= 4 is 56.6 Å². The summed E-state index contributed by atoms with van der Waals surface area (Å²) in [5.41, 5.74) is 8.51. The Morgan fingerprint density at radius 1 is 0.935 bits per heavy atom. The number of piperidine rings is 1. The van der Waals surface area contributed by atoms with Crippen LogP contribution in [0.4, 0.5) is 4.39 Å². The van der Waals surface area contributed by atoms with Crippen LogP contribution in [0.1, 0.15) is 40.9 Å². The Labute approximate surface area is 282 Å². The predicted molar refractivity (Wildman–Crippen MR) is 180 cm³/mol. The van der Waals surface area contributed by atoms with Gasteiger partial charge in [-0.3, -0.25) is 9.59 Å². The molecule has 0 radical (unpaired) electrons. The van der Waals surface area contributed by atoms with Crippen molar-refractivity contribution in [1.29, 1.82) is 0 Å². The Morgan fingerprint density at radius 3 is 2.15 bits per heavy atom. The number of carbonyl (C=O) groups excluding carboxylic acids is 2. The molecule has 5 rings (SSSR count). The number of hydrogen-bond acceptors (Lipinski definition) is 4. The van der Waals surface area contributed by atoms with E-state index in [9.17, 15) is 22.4 Å². The minimum Gasteiger partial charge on any atom is -0.369 e. The number of primary amides is 1. The van der Waals surface area contributed by atoms with Crippen molar-refractivity contribution in [2.45, 2.75) is 31.1 Å². The first kappa shape index (κ1) is 33.9. The van der Waals surface area contributed by atoms with Gasteiger partial charge >= 0.3 is 0 Å². The number of carbonyl (C=O) groups is 2. The summed E-state index contributed by atoms with van der Waals surface area (Å²) in [4.78, 5) is 28.8. The Morgan fingerprint density at radius 2 is 1.57 bits per heavy atom. The average Bonchev–Trinajstić information content (AvgIpc) is 3.38. The highest BCUT2D eigenvalue weighted by atomic mass is 35.5. The molecule has 0 aliphatic carbocycles. The summed E-state index contributed by atoms with van der Waals surface area (Å²) in [7, 11) is -3.42. The van der Waals surface area contributed by atoms with E-state index in [1.807, 2.05) is 16.7 Å². The molecule has 3 N–H and O–H groups in total. The predicted octanol–water partition coefficient (Wildman–Crippen LogP) is 6.38. The van der Waals surface area contributed by atoms with E-state index in [-0.39, 0.29) is 38.4 Å². The molecular weight excluding hydrogens is 674 g/mol. The van der Waals surface area contributed by atoms with Gasteiger partial charge in [0.1, 0.15) is 5.82 Å². The fourth-order valence-electron chi connectivity index (χ4n) is 5.98. The zero-order valence-corrected chi connectivity index (χ0v) is 28.0. The summed E-state index contributed by atoms with van der Waals surface area (Å²) in [6.45, 7) is 0.632. The maximum Gasteiger partial charge on any atom is 0.255 e. The number of likely N-dealkylation sites (tertiary alicyclic amines) is 1. The minimum atomic E-state index is -3.42. The van der Waals surface area contributed by atoms with Crippen LogP contribution < -0.4 is 10.5 Å². The molecule has 1 aliphatic heterocycles. The van der Waals surface area contributed by atoms with Crippen LogP contribution in [0.5, 0.6) is 0 Å². The lowest BCUT2D eigenvalue weighted by Crippen LogP contribution is -2.51. The molecule has 0 unspecified atom stereocenters. The molecule has 1 fully saturated rings. The van der Waals surface area contributed by atoms with Crippen LogP contribution in [0.3, 0.4) is 0 Å². The van der Waals surface area contributed by atoms with Gasteiger partial charge in [0, 0.05) is 46.6 Å². The number of sulfonamides is 1. The molecule has 1 aliphatic rings. The molecule has 0 spiro atoms. The summed E-state index contributed by atoms with van der Waals surface area (Å²) in [5.74, 6) is -1.21. The maximum atomic E-state index is 14.4. The van der Waals surface area contributed by atoms with Gasteiger partial charge in [0.25, 0.3) is 5.91 Å². The van der Waals surface area contributed by atoms with Gasteiger partial charge in [-0.05, 0) is 91.9 Å². The van der Waals surface area contributed by atoms with E-state index in [4.69, 9.17) is 40.5 Å². The number of halogens is 4. The number of nitrogens with two attached hydrogens (primary N) is 1. The molecule has 0 atom stereocenters. The Kier molecular flexibility index (Phi) is 10.1. The highest BCUT2D eigenvalue weighted by Gasteiger charge is 2.43. The molecular formula is C33H32Cl3FN4O4S. The highest BCUT2D eigenvalue weighted by Crippen LogP contribution is 2.39. The molecule has 2 heterocycles. The van der Waals surface area contributed by atoms with Gasteiger partial charge in [-0.15, -0.1) is 0 Å². The number of amides is 2. The number of benzene rings is 3. The van der Waals surface area contributed by atoms with Gasteiger partial charge in [-0.1, -0.05) is 46.9 Å². The fraction of sp³-hybridized carbons (Fsp3) is 0.273. The zero-order valence-electron chi connectivity index (χ0n) is 24.9. The largest absolute Gasteiger partial charge is 0.369 e. The van der Waals surface area contributed by atoms with Gasteiger partial charge in [-0.25, -0.2) is 17.5 Å². The van der Waals surface area contributed by atoms with Crippen LogP contribution in [0.25, 0.3) is 16.9 Å². The van der Waals surface area contributed by atoms with Crippen molar-refractivity contribution in [1.82, 2.24) is 14.2 Å². The lowest BCUT2D eigenvalue weighted by molar-refractivity contribution is -0.125. The molecule has 8 nitrogen and oxygen atoms in total. The van der Waals surface area contributed by atoms with E-state index < -0.39 is 27.2 Å². The van der Waals surface area contributed by atoms with Gasteiger partial charge in [-0.2, -0.15) is 0 Å². The number of rotatable bonds is 10. The van der Waals surface area contributed by atoms with Crippen molar-refractivity contribution in [2.75, 3.05) is 25.9 Å². The average molecular weight is 706 g/mol. The first-order valence-corrected chi connectivity index (χ1v) is 17.6. The van der Waals surface area contributed by atoms with Crippen LogP contribution in [-0.2, 0) is 26.7 Å². The topological polar surface area (TPSA) is 114 Å². The third-order valence-electron chi connectivity index (χ3n) is 8.35. The highest BCUT2D eigenvalue weighted by molar-refractivity contribution is 7.88. The summed E-state index contributed by atoms with van der Waals surface area (Å²) in [5, 5.41) is 1.37. The summed E-state index contributed by atoms with van der Waals surface area (Å²) in [6, 6.07) is 19.7. The normalized spacial score (nSPS) is 14.8. The molecule has 0 saturated carbocycles. The second-order valence-corrected chi connectivity index (χ2v) is 14.5. The maximum absolute atomic E-state index is 14.4. The number of nitrogens with one attached hydrogen (secondary N) is 1. The van der Waals surface area contributed by atoms with Crippen LogP contribution in [0.15, 0.2) is 72.8 Å². The first-order valence-electron chi connectivity index (χ1n) is 14.5. The third kappa shape index (κ3) is 7.26. The standard InChI is InChI=1S/C33H32Cl3FN4O4S/c1-46(44,45)39-16-2-3-29-27(31(42)40-17-14-33(15-18-40,32(38)43)21-4-9-24(37)10-5-21)20-30(26-13-8-23(35)19-28(26)36)41(29)25-11-6-22(34)7-12-25/h4-13,19-20,39H,2-3,14-18H2,1H3,(H2,38,43). The van der Waals surface area contributed by atoms with E-state index in [0.29, 0.717) is 56.0 Å². The third-order valence-corrected chi connectivity index (χ3v) is 9.88. The van der Waals surface area contributed by atoms with E-state index in [1.54, 1.807) is 53.4 Å². The minimum absolute atomic E-state index is 0.164. The van der Waals surface area contributed by atoms with Crippen molar-refractivity contribution in [3.05, 3.63) is 111 Å². The van der Waals surface area contributed by atoms with Gasteiger partial charge < -0.3 is 15.2 Å². The molecule has 13 heteroatoms. The second-order valence-electron chi connectivity index (χ2n) is 11.3. The molecule has 4 aromatic rings. The molecule has 2 amide bonds. The van der Waals surface area contributed by atoms with Gasteiger partial charge in [0.2, 0.25) is 15.9 Å². The molecule has 242 valence electrons. The Bertz CT molecular complexity index is 1870. The van der Waals surface area contributed by atoms with Crippen molar-refractivity contribution in [2.24, 2.45) is 5.73 Å². The smallest absolute Gasteiger partial charge is 0.255 e. The molecule has 3 aromatic carbocycles. The van der Waals surface area contributed by atoms with Crippen LogP contribution in [-0.4, -0.2) is 55.6 Å². The number of hydrogen-bond donors (Lipinski definition) is 2. The van der Waals surface area contributed by atoms with Crippen molar-refractivity contribution in [3.63, 3.8) is 0 Å². The van der Waals surface area contributed by atoms with Crippen molar-refractivity contribution in [3.8, 4) is 16.9 Å². The van der Waals surface area contributed by atoms with Crippen molar-refractivity contribution < 1.29 is 22.4 Å². The first-order chi connectivity index (χ1) is 21.8. The lowest BCUT2D eigenvalue weighted by atomic mass is 9.72. The SMILES string of the molecule is CS(=O)(=O)NCCCc1c(C(=O)N2CCC(C(N)=O)(c3ccc(F)cc3)CC2)cc(-c2ccc(Cl)cc2Cl)n1-c1ccc(Cl)cc1. The Hall–Kier alpha value is -3.41. The van der Waals surface area contributed by atoms with E-state index >= 15 is 0 Å². The second kappa shape index (κ2) is 13.8. The van der Waals surface area contributed by atoms with Crippen LogP contribution in [0, 0.1) is 5.82 Å². The molecule has 1 saturated heterocycles. The van der Waals surface area contributed by atoms with Gasteiger partial charge in [0.15, 0.2) is 0 Å². The van der Waals surface area contributed by atoms with E-state index in [0.717, 1.165) is 11.9 Å². The summed E-state index contributed by atoms with van der Waals surface area (Å²) in [6.07, 6.45) is 2.36. The van der Waals surface area contributed by atoms with Gasteiger partial charge in [0.05, 0.1) is 28.0 Å². The zero-order chi connectivity index (χ0) is 33.2. The monoisotopic (exact) mass is 704 g/mol. The Balaban J connectivity index is 1.57. The fourth-order valence-corrected chi connectivity index (χ4v) is 7.13. The number of nitrogens with zero attached hydrogens (tertiary/aromatic N) is 2.